The number of thiophene rings is 1. The first-order chi connectivity index (χ1) is 7.85. The number of alkyl halides is 1. The zero-order chi connectivity index (χ0) is 13.1. The molecule has 0 saturated heterocycles. The molecule has 2 unspecified atom stereocenters. The summed E-state index contributed by atoms with van der Waals surface area (Å²) >= 11 is 4.76. The van der Waals surface area contributed by atoms with E-state index in [9.17, 15) is 8.42 Å². The van der Waals surface area contributed by atoms with E-state index < -0.39 is 10.0 Å². The molecule has 0 radical (unpaired) electrons. The molecule has 0 aromatic carbocycles. The van der Waals surface area contributed by atoms with Crippen LogP contribution in [-0.2, 0) is 16.4 Å². The second kappa shape index (κ2) is 6.31. The summed E-state index contributed by atoms with van der Waals surface area (Å²) in [4.78, 5) is 1.39. The van der Waals surface area contributed by atoms with E-state index in [-0.39, 0.29) is 6.04 Å². The molecule has 1 rings (SSSR count). The highest BCUT2D eigenvalue weighted by Crippen LogP contribution is 2.22. The van der Waals surface area contributed by atoms with Gasteiger partial charge in [-0.25, -0.2) is 13.1 Å². The van der Waals surface area contributed by atoms with Gasteiger partial charge < -0.3 is 0 Å². The lowest BCUT2D eigenvalue weighted by molar-refractivity contribution is 0.549. The minimum absolute atomic E-state index is 0.0680. The number of hydrogen-bond donors (Lipinski definition) is 1. The molecule has 0 aliphatic rings. The number of hydrogen-bond acceptors (Lipinski definition) is 3. The van der Waals surface area contributed by atoms with Gasteiger partial charge in [0, 0.05) is 15.7 Å². The summed E-state index contributed by atoms with van der Waals surface area (Å²) < 4.78 is 27.2. The first-order valence-electron chi connectivity index (χ1n) is 5.60. The van der Waals surface area contributed by atoms with Crippen molar-refractivity contribution in [3.63, 3.8) is 0 Å². The smallest absolute Gasteiger partial charge is 0.208 e. The molecule has 1 N–H and O–H groups in total. The molecule has 1 heterocycles. The van der Waals surface area contributed by atoms with Gasteiger partial charge in [0.1, 0.15) is 4.21 Å². The zero-order valence-electron chi connectivity index (χ0n) is 10.2. The van der Waals surface area contributed by atoms with Gasteiger partial charge in [-0.15, -0.1) is 11.3 Å². The standard InChI is InChI=1S/C11H18BrNO2S2/c1-4-10-5-6-11(16-10)17(14,15)13-9(3)7-8(2)12/h5-6,8-9,13H,4,7H2,1-3H3. The van der Waals surface area contributed by atoms with Gasteiger partial charge in [-0.2, -0.15) is 0 Å². The lowest BCUT2D eigenvalue weighted by atomic mass is 10.2. The van der Waals surface area contributed by atoms with Gasteiger partial charge in [0.15, 0.2) is 0 Å². The van der Waals surface area contributed by atoms with E-state index in [0.717, 1.165) is 17.7 Å². The predicted molar refractivity (Wildman–Crippen MR) is 76.5 cm³/mol. The Hall–Kier alpha value is 0.0900. The molecule has 1 aromatic heterocycles. The van der Waals surface area contributed by atoms with Crippen LogP contribution in [-0.4, -0.2) is 19.3 Å². The molecule has 0 fully saturated rings. The molecule has 2 atom stereocenters. The van der Waals surface area contributed by atoms with Crippen molar-refractivity contribution in [3.8, 4) is 0 Å². The van der Waals surface area contributed by atoms with Gasteiger partial charge in [0.05, 0.1) is 0 Å². The van der Waals surface area contributed by atoms with Crippen molar-refractivity contribution in [2.45, 2.75) is 48.7 Å². The highest BCUT2D eigenvalue weighted by atomic mass is 79.9. The minimum Gasteiger partial charge on any atom is -0.208 e. The molecule has 0 aliphatic heterocycles. The topological polar surface area (TPSA) is 46.2 Å². The fourth-order valence-electron chi connectivity index (χ4n) is 1.55. The minimum atomic E-state index is -3.35. The third-order valence-corrected chi connectivity index (χ3v) is 5.97. The van der Waals surface area contributed by atoms with Gasteiger partial charge in [-0.3, -0.25) is 0 Å². The third-order valence-electron chi connectivity index (χ3n) is 2.28. The average molecular weight is 340 g/mol. The molecular weight excluding hydrogens is 322 g/mol. The fraction of sp³-hybridized carbons (Fsp3) is 0.636. The van der Waals surface area contributed by atoms with Crippen LogP contribution in [0.1, 0.15) is 32.1 Å². The molecule has 6 heteroatoms. The number of sulfonamides is 1. The Morgan fingerprint density at radius 2 is 2.06 bits per heavy atom. The Bertz CT molecular complexity index is 454. The van der Waals surface area contributed by atoms with Crippen molar-refractivity contribution in [1.29, 1.82) is 0 Å². The molecule has 98 valence electrons. The second-order valence-corrected chi connectivity index (χ2v) is 8.79. The maximum Gasteiger partial charge on any atom is 0.250 e. The summed E-state index contributed by atoms with van der Waals surface area (Å²) in [6.07, 6.45) is 1.64. The van der Waals surface area contributed by atoms with Crippen LogP contribution >= 0.6 is 27.3 Å². The predicted octanol–water partition coefficient (Wildman–Crippen LogP) is 3.15. The highest BCUT2D eigenvalue weighted by Gasteiger charge is 2.19. The maximum atomic E-state index is 12.0. The highest BCUT2D eigenvalue weighted by molar-refractivity contribution is 9.09. The summed E-state index contributed by atoms with van der Waals surface area (Å²) in [5.41, 5.74) is 0. The summed E-state index contributed by atoms with van der Waals surface area (Å²) in [6.45, 7) is 5.90. The van der Waals surface area contributed by atoms with Crippen LogP contribution in [0.15, 0.2) is 16.3 Å². The molecule has 0 spiro atoms. The average Bonchev–Trinajstić information content (AvgIpc) is 2.63. The van der Waals surface area contributed by atoms with Gasteiger partial charge in [-0.1, -0.05) is 29.8 Å². The maximum absolute atomic E-state index is 12.0. The van der Waals surface area contributed by atoms with Crippen molar-refractivity contribution >= 4 is 37.3 Å². The van der Waals surface area contributed by atoms with Crippen molar-refractivity contribution in [2.75, 3.05) is 0 Å². The van der Waals surface area contributed by atoms with E-state index in [1.165, 1.54) is 11.3 Å². The van der Waals surface area contributed by atoms with E-state index in [1.54, 1.807) is 6.07 Å². The van der Waals surface area contributed by atoms with Crippen LogP contribution in [0.3, 0.4) is 0 Å². The van der Waals surface area contributed by atoms with E-state index in [4.69, 9.17) is 0 Å². The molecule has 0 aliphatic carbocycles. The van der Waals surface area contributed by atoms with Crippen LogP contribution < -0.4 is 4.72 Å². The molecule has 0 saturated carbocycles. The summed E-state index contributed by atoms with van der Waals surface area (Å²) in [7, 11) is -3.35. The fourth-order valence-corrected chi connectivity index (χ4v) is 4.68. The largest absolute Gasteiger partial charge is 0.250 e. The molecule has 1 aromatic rings. The summed E-state index contributed by atoms with van der Waals surface area (Å²) in [5, 5.41) is 0. The molecule has 0 amide bonds. The van der Waals surface area contributed by atoms with Gasteiger partial charge in [0.25, 0.3) is 0 Å². The Kier molecular flexibility index (Phi) is 5.63. The summed E-state index contributed by atoms with van der Waals surface area (Å²) in [6, 6.07) is 3.48. The number of rotatable bonds is 6. The summed E-state index contributed by atoms with van der Waals surface area (Å²) in [5.74, 6) is 0. The van der Waals surface area contributed by atoms with Crippen molar-refractivity contribution < 1.29 is 8.42 Å². The first kappa shape index (κ1) is 15.1. The Morgan fingerprint density at radius 3 is 2.53 bits per heavy atom. The van der Waals surface area contributed by atoms with Gasteiger partial charge in [-0.05, 0) is 31.9 Å². The van der Waals surface area contributed by atoms with Crippen molar-refractivity contribution in [3.05, 3.63) is 17.0 Å². The van der Waals surface area contributed by atoms with Crippen LogP contribution in [0, 0.1) is 0 Å². The van der Waals surface area contributed by atoms with Crippen molar-refractivity contribution in [2.24, 2.45) is 0 Å². The van der Waals surface area contributed by atoms with Crippen LogP contribution in [0.5, 0.6) is 0 Å². The molecule has 17 heavy (non-hydrogen) atoms. The quantitative estimate of drug-likeness (QED) is 0.809. The molecule has 0 bridgehead atoms. The first-order valence-corrected chi connectivity index (χ1v) is 8.81. The third kappa shape index (κ3) is 4.69. The van der Waals surface area contributed by atoms with E-state index in [1.807, 2.05) is 26.8 Å². The van der Waals surface area contributed by atoms with Crippen LogP contribution in [0.2, 0.25) is 0 Å². The lowest BCUT2D eigenvalue weighted by Gasteiger charge is -2.14. The zero-order valence-corrected chi connectivity index (χ0v) is 13.5. The van der Waals surface area contributed by atoms with Crippen molar-refractivity contribution in [1.82, 2.24) is 4.72 Å². The Labute approximate surface area is 116 Å². The number of nitrogens with one attached hydrogen (secondary N) is 1. The van der Waals surface area contributed by atoms with Gasteiger partial charge in [0.2, 0.25) is 10.0 Å². The Balaban J connectivity index is 2.74. The second-order valence-electron chi connectivity index (χ2n) is 4.11. The lowest BCUT2D eigenvalue weighted by Crippen LogP contribution is -2.33. The number of halogens is 1. The normalized spacial score (nSPS) is 15.8. The van der Waals surface area contributed by atoms with Gasteiger partial charge >= 0.3 is 0 Å². The van der Waals surface area contributed by atoms with Crippen LogP contribution in [0.25, 0.3) is 0 Å². The monoisotopic (exact) mass is 339 g/mol. The van der Waals surface area contributed by atoms with Crippen LogP contribution in [0.4, 0.5) is 0 Å². The SMILES string of the molecule is CCc1ccc(S(=O)(=O)NC(C)CC(C)Br)s1. The molecule has 3 nitrogen and oxygen atoms in total. The van der Waals surface area contributed by atoms with E-state index >= 15 is 0 Å². The Morgan fingerprint density at radius 1 is 1.41 bits per heavy atom. The molecular formula is C11H18BrNO2S2. The van der Waals surface area contributed by atoms with E-state index in [0.29, 0.717) is 9.04 Å². The van der Waals surface area contributed by atoms with E-state index in [2.05, 4.69) is 20.7 Å². The number of aryl methyl sites for hydroxylation is 1.